The highest BCUT2D eigenvalue weighted by Gasteiger charge is 2.08. The molecular formula is C22H26N2O6. The van der Waals surface area contributed by atoms with Gasteiger partial charge in [0.1, 0.15) is 11.5 Å². The highest BCUT2D eigenvalue weighted by Crippen LogP contribution is 2.13. The Bertz CT molecular complexity index is 834. The molecule has 0 spiro atoms. The summed E-state index contributed by atoms with van der Waals surface area (Å²) in [6.07, 6.45) is 0.197. The smallest absolute Gasteiger partial charge is 0.497 e. The van der Waals surface area contributed by atoms with Gasteiger partial charge in [0.25, 0.3) is 5.91 Å². The first-order chi connectivity index (χ1) is 14.5. The molecular weight excluding hydrogens is 388 g/mol. The van der Waals surface area contributed by atoms with E-state index in [-0.39, 0.29) is 24.2 Å². The summed E-state index contributed by atoms with van der Waals surface area (Å²) in [6.45, 7) is 2.53. The molecule has 2 aromatic rings. The van der Waals surface area contributed by atoms with Crippen molar-refractivity contribution in [2.75, 3.05) is 26.8 Å². The minimum atomic E-state index is -0.794. The molecule has 0 saturated heterocycles. The van der Waals surface area contributed by atoms with Crippen LogP contribution in [0.1, 0.15) is 29.3 Å². The first kappa shape index (κ1) is 22.7. The van der Waals surface area contributed by atoms with Crippen molar-refractivity contribution in [3.63, 3.8) is 0 Å². The highest BCUT2D eigenvalue weighted by molar-refractivity contribution is 5.94. The zero-order valence-corrected chi connectivity index (χ0v) is 17.1. The monoisotopic (exact) mass is 414 g/mol. The summed E-state index contributed by atoms with van der Waals surface area (Å²) in [5.41, 5.74) is 1.46. The number of hydrogen-bond acceptors (Lipinski definition) is 6. The van der Waals surface area contributed by atoms with Gasteiger partial charge in [-0.2, -0.15) is 0 Å². The molecule has 0 aliphatic heterocycles. The number of carbonyl (C=O) groups is 3. The fraction of sp³-hybridized carbons (Fsp3) is 0.318. The molecule has 0 aromatic heterocycles. The van der Waals surface area contributed by atoms with Gasteiger partial charge in [-0.25, -0.2) is 4.79 Å². The van der Waals surface area contributed by atoms with E-state index in [1.54, 1.807) is 14.0 Å². The zero-order valence-electron chi connectivity index (χ0n) is 17.1. The van der Waals surface area contributed by atoms with E-state index >= 15 is 0 Å². The Morgan fingerprint density at radius 3 is 2.13 bits per heavy atom. The van der Waals surface area contributed by atoms with Gasteiger partial charge in [-0.15, -0.1) is 0 Å². The lowest BCUT2D eigenvalue weighted by atomic mass is 10.1. The van der Waals surface area contributed by atoms with Gasteiger partial charge in [-0.1, -0.05) is 12.1 Å². The Morgan fingerprint density at radius 2 is 1.50 bits per heavy atom. The highest BCUT2D eigenvalue weighted by atomic mass is 16.7. The van der Waals surface area contributed by atoms with Crippen molar-refractivity contribution in [3.05, 3.63) is 59.7 Å². The Hall–Kier alpha value is -3.55. The van der Waals surface area contributed by atoms with E-state index in [0.717, 1.165) is 11.3 Å². The maximum absolute atomic E-state index is 12.1. The van der Waals surface area contributed by atoms with Crippen LogP contribution in [0.2, 0.25) is 0 Å². The standard InChI is InChI=1S/C22H26N2O6/c1-3-29-22(27)30-19-11-7-17(8-12-19)21(26)24-15-14-23-20(25)13-6-16-4-9-18(28-2)10-5-16/h4-5,7-12H,3,6,13-15H2,1-2H3,(H,23,25)(H,24,26). The normalized spacial score (nSPS) is 10.1. The van der Waals surface area contributed by atoms with E-state index in [4.69, 9.17) is 9.47 Å². The van der Waals surface area contributed by atoms with Crippen molar-refractivity contribution in [3.8, 4) is 11.5 Å². The summed E-state index contributed by atoms with van der Waals surface area (Å²) in [6, 6.07) is 13.7. The lowest BCUT2D eigenvalue weighted by Crippen LogP contribution is -2.34. The van der Waals surface area contributed by atoms with Crippen LogP contribution < -0.4 is 20.1 Å². The Kier molecular flexibility index (Phi) is 9.18. The van der Waals surface area contributed by atoms with Crippen LogP contribution in [0.4, 0.5) is 4.79 Å². The number of methoxy groups -OCH3 is 1. The summed E-state index contributed by atoms with van der Waals surface area (Å²) in [5, 5.41) is 5.50. The van der Waals surface area contributed by atoms with Crippen LogP contribution in [0.15, 0.2) is 48.5 Å². The molecule has 0 saturated carbocycles. The summed E-state index contributed by atoms with van der Waals surface area (Å²) in [4.78, 5) is 35.3. The molecule has 8 heteroatoms. The molecule has 0 aliphatic rings. The number of hydrogen-bond donors (Lipinski definition) is 2. The van der Waals surface area contributed by atoms with Crippen molar-refractivity contribution in [2.24, 2.45) is 0 Å². The zero-order chi connectivity index (χ0) is 21.8. The topological polar surface area (TPSA) is 103 Å². The van der Waals surface area contributed by atoms with Crippen molar-refractivity contribution in [1.29, 1.82) is 0 Å². The SMILES string of the molecule is CCOC(=O)Oc1ccc(C(=O)NCCNC(=O)CCc2ccc(OC)cc2)cc1. The van der Waals surface area contributed by atoms with E-state index < -0.39 is 6.16 Å². The molecule has 2 aromatic carbocycles. The molecule has 0 unspecified atom stereocenters. The second kappa shape index (κ2) is 12.1. The summed E-state index contributed by atoms with van der Waals surface area (Å²) >= 11 is 0. The molecule has 160 valence electrons. The number of rotatable bonds is 10. The maximum Gasteiger partial charge on any atom is 0.513 e. The van der Waals surface area contributed by atoms with Crippen molar-refractivity contribution in [1.82, 2.24) is 10.6 Å². The van der Waals surface area contributed by atoms with Gasteiger partial charge in [0.15, 0.2) is 0 Å². The number of aryl methyl sites for hydroxylation is 1. The third kappa shape index (κ3) is 7.83. The Labute approximate surface area is 175 Å². The predicted octanol–water partition coefficient (Wildman–Crippen LogP) is 2.71. The molecule has 30 heavy (non-hydrogen) atoms. The van der Waals surface area contributed by atoms with Crippen molar-refractivity contribution >= 4 is 18.0 Å². The second-order valence-electron chi connectivity index (χ2n) is 6.26. The predicted molar refractivity (Wildman–Crippen MR) is 111 cm³/mol. The van der Waals surface area contributed by atoms with Crippen LogP contribution in [0, 0.1) is 0 Å². The lowest BCUT2D eigenvalue weighted by molar-refractivity contribution is -0.121. The third-order valence-electron chi connectivity index (χ3n) is 4.11. The van der Waals surface area contributed by atoms with Crippen molar-refractivity contribution < 1.29 is 28.6 Å². The maximum atomic E-state index is 12.1. The van der Waals surface area contributed by atoms with E-state index in [1.807, 2.05) is 24.3 Å². The van der Waals surface area contributed by atoms with Gasteiger partial charge in [0, 0.05) is 25.1 Å². The van der Waals surface area contributed by atoms with Gasteiger partial charge < -0.3 is 24.8 Å². The molecule has 0 aliphatic carbocycles. The van der Waals surface area contributed by atoms with Gasteiger partial charge in [-0.3, -0.25) is 9.59 Å². The Morgan fingerprint density at radius 1 is 0.867 bits per heavy atom. The Balaban J connectivity index is 1.65. The van der Waals surface area contributed by atoms with Crippen molar-refractivity contribution in [2.45, 2.75) is 19.8 Å². The van der Waals surface area contributed by atoms with Gasteiger partial charge >= 0.3 is 6.16 Å². The van der Waals surface area contributed by atoms with Crippen LogP contribution in [0.5, 0.6) is 11.5 Å². The molecule has 0 fully saturated rings. The van der Waals surface area contributed by atoms with Crippen LogP contribution >= 0.6 is 0 Å². The molecule has 0 heterocycles. The molecule has 2 amide bonds. The van der Waals surface area contributed by atoms with Crippen LogP contribution in [0.25, 0.3) is 0 Å². The lowest BCUT2D eigenvalue weighted by Gasteiger charge is -2.08. The third-order valence-corrected chi connectivity index (χ3v) is 4.11. The van der Waals surface area contributed by atoms with Crippen LogP contribution in [-0.4, -0.2) is 44.8 Å². The van der Waals surface area contributed by atoms with Crippen LogP contribution in [-0.2, 0) is 16.0 Å². The summed E-state index contributed by atoms with van der Waals surface area (Å²) in [5.74, 6) is 0.694. The van der Waals surface area contributed by atoms with Crippen LogP contribution in [0.3, 0.4) is 0 Å². The summed E-state index contributed by atoms with van der Waals surface area (Å²) < 4.78 is 14.7. The second-order valence-corrected chi connectivity index (χ2v) is 6.26. The van der Waals surface area contributed by atoms with E-state index in [0.29, 0.717) is 31.5 Å². The first-order valence-corrected chi connectivity index (χ1v) is 9.64. The summed E-state index contributed by atoms with van der Waals surface area (Å²) in [7, 11) is 1.61. The number of benzene rings is 2. The van der Waals surface area contributed by atoms with E-state index in [9.17, 15) is 14.4 Å². The first-order valence-electron chi connectivity index (χ1n) is 9.64. The minimum absolute atomic E-state index is 0.0828. The molecule has 2 N–H and O–H groups in total. The quantitative estimate of drug-likeness (QED) is 0.352. The number of amides is 2. The number of nitrogens with one attached hydrogen (secondary N) is 2. The van der Waals surface area contributed by atoms with E-state index in [1.165, 1.54) is 24.3 Å². The molecule has 2 rings (SSSR count). The van der Waals surface area contributed by atoms with Gasteiger partial charge in [0.05, 0.1) is 13.7 Å². The number of carbonyl (C=O) groups excluding carboxylic acids is 3. The average Bonchev–Trinajstić information content (AvgIpc) is 2.76. The fourth-order valence-corrected chi connectivity index (χ4v) is 2.54. The van der Waals surface area contributed by atoms with Gasteiger partial charge in [-0.05, 0) is 55.3 Å². The number of ether oxygens (including phenoxy) is 3. The molecule has 8 nitrogen and oxygen atoms in total. The largest absolute Gasteiger partial charge is 0.513 e. The molecule has 0 radical (unpaired) electrons. The average molecular weight is 414 g/mol. The van der Waals surface area contributed by atoms with E-state index in [2.05, 4.69) is 15.4 Å². The fourth-order valence-electron chi connectivity index (χ4n) is 2.54. The minimum Gasteiger partial charge on any atom is -0.497 e. The molecule has 0 atom stereocenters. The molecule has 0 bridgehead atoms. The van der Waals surface area contributed by atoms with Gasteiger partial charge in [0.2, 0.25) is 5.91 Å².